The Morgan fingerprint density at radius 3 is 2.76 bits per heavy atom. The molecule has 4 heteroatoms. The average molecular weight is 300 g/mol. The van der Waals surface area contributed by atoms with Gasteiger partial charge < -0.3 is 14.6 Å². The van der Waals surface area contributed by atoms with Crippen LogP contribution in [0.2, 0.25) is 0 Å². The summed E-state index contributed by atoms with van der Waals surface area (Å²) in [6.07, 6.45) is -0.517. The highest BCUT2D eigenvalue weighted by molar-refractivity contribution is 7.99. The van der Waals surface area contributed by atoms with Crippen molar-refractivity contribution in [2.24, 2.45) is 0 Å². The lowest BCUT2D eigenvalue weighted by atomic mass is 9.91. The van der Waals surface area contributed by atoms with E-state index in [-0.39, 0.29) is 5.92 Å². The summed E-state index contributed by atoms with van der Waals surface area (Å²) in [7, 11) is 0. The molecule has 0 saturated carbocycles. The van der Waals surface area contributed by atoms with Gasteiger partial charge in [0.2, 0.25) is 0 Å². The van der Waals surface area contributed by atoms with Gasteiger partial charge >= 0.3 is 0 Å². The van der Waals surface area contributed by atoms with Crippen LogP contribution in [-0.4, -0.2) is 24.1 Å². The summed E-state index contributed by atoms with van der Waals surface area (Å²) in [6.45, 7) is 1.15. The average Bonchev–Trinajstić information content (AvgIpc) is 2.98. The number of thioether (sulfide) groups is 1. The van der Waals surface area contributed by atoms with E-state index in [2.05, 4.69) is 12.1 Å². The smallest absolute Gasteiger partial charge is 0.161 e. The first-order valence-corrected chi connectivity index (χ1v) is 8.11. The molecule has 0 aromatic heterocycles. The molecule has 2 heterocycles. The molecule has 0 radical (unpaired) electrons. The number of benzene rings is 2. The summed E-state index contributed by atoms with van der Waals surface area (Å²) < 4.78 is 11.1. The van der Waals surface area contributed by atoms with E-state index in [1.54, 1.807) is 0 Å². The zero-order valence-electron chi connectivity index (χ0n) is 11.5. The molecule has 0 bridgehead atoms. The molecule has 2 aromatic carbocycles. The van der Waals surface area contributed by atoms with Crippen LogP contribution < -0.4 is 9.47 Å². The quantitative estimate of drug-likeness (QED) is 0.923. The Morgan fingerprint density at radius 1 is 1.05 bits per heavy atom. The lowest BCUT2D eigenvalue weighted by Gasteiger charge is -2.23. The van der Waals surface area contributed by atoms with E-state index < -0.39 is 6.10 Å². The van der Waals surface area contributed by atoms with Crippen LogP contribution in [0.1, 0.15) is 23.1 Å². The van der Waals surface area contributed by atoms with Crippen molar-refractivity contribution in [2.75, 3.05) is 19.0 Å². The first-order valence-electron chi connectivity index (χ1n) is 7.12. The van der Waals surface area contributed by atoms with E-state index in [9.17, 15) is 5.11 Å². The summed E-state index contributed by atoms with van der Waals surface area (Å²) >= 11 is 1.81. The molecule has 21 heavy (non-hydrogen) atoms. The molecule has 2 aliphatic heterocycles. The lowest BCUT2D eigenvalue weighted by Crippen LogP contribution is -2.16. The minimum Gasteiger partial charge on any atom is -0.486 e. The van der Waals surface area contributed by atoms with E-state index in [0.717, 1.165) is 22.8 Å². The van der Waals surface area contributed by atoms with Gasteiger partial charge in [0.1, 0.15) is 13.2 Å². The van der Waals surface area contributed by atoms with Crippen LogP contribution in [0.5, 0.6) is 11.5 Å². The summed E-state index contributed by atoms with van der Waals surface area (Å²) in [4.78, 5) is 1.28. The third-order valence-corrected chi connectivity index (χ3v) is 5.23. The molecule has 4 rings (SSSR count). The van der Waals surface area contributed by atoms with Gasteiger partial charge in [-0.3, -0.25) is 0 Å². The number of hydrogen-bond acceptors (Lipinski definition) is 4. The molecular weight excluding hydrogens is 284 g/mol. The van der Waals surface area contributed by atoms with Gasteiger partial charge in [-0.15, -0.1) is 11.8 Å². The van der Waals surface area contributed by atoms with Crippen molar-refractivity contribution in [2.45, 2.75) is 16.9 Å². The van der Waals surface area contributed by atoms with Gasteiger partial charge in [-0.1, -0.05) is 24.3 Å². The van der Waals surface area contributed by atoms with Crippen LogP contribution in [0.3, 0.4) is 0 Å². The van der Waals surface area contributed by atoms with Crippen LogP contribution in [0, 0.1) is 0 Å². The maximum Gasteiger partial charge on any atom is 0.161 e. The second kappa shape index (κ2) is 5.28. The predicted octanol–water partition coefficient (Wildman–Crippen LogP) is 3.38. The minimum absolute atomic E-state index is 0.133. The third-order valence-electron chi connectivity index (χ3n) is 4.03. The number of rotatable bonds is 2. The maximum absolute atomic E-state index is 10.8. The molecule has 3 nitrogen and oxygen atoms in total. The standard InChI is InChI=1S/C17H16O3S/c18-17(13-10-21-16-4-2-1-3-12(13)16)11-5-6-14-15(9-11)20-8-7-19-14/h1-6,9,13,17-18H,7-8,10H2. The fraction of sp³-hybridized carbons (Fsp3) is 0.294. The van der Waals surface area contributed by atoms with Crippen LogP contribution in [-0.2, 0) is 0 Å². The largest absolute Gasteiger partial charge is 0.486 e. The normalized spacial score (nSPS) is 20.9. The van der Waals surface area contributed by atoms with Crippen LogP contribution in [0.25, 0.3) is 0 Å². The lowest BCUT2D eigenvalue weighted by molar-refractivity contribution is 0.149. The Kier molecular flexibility index (Phi) is 3.28. The van der Waals surface area contributed by atoms with E-state index >= 15 is 0 Å². The van der Waals surface area contributed by atoms with Gasteiger partial charge in [0.25, 0.3) is 0 Å². The summed E-state index contributed by atoms with van der Waals surface area (Å²) in [6, 6.07) is 14.0. The molecule has 0 spiro atoms. The van der Waals surface area contributed by atoms with Crippen LogP contribution in [0.4, 0.5) is 0 Å². The van der Waals surface area contributed by atoms with Crippen molar-refractivity contribution >= 4 is 11.8 Å². The minimum atomic E-state index is -0.517. The highest BCUT2D eigenvalue weighted by atomic mass is 32.2. The second-order valence-electron chi connectivity index (χ2n) is 5.30. The fourth-order valence-corrected chi connectivity index (χ4v) is 4.21. The van der Waals surface area contributed by atoms with Gasteiger partial charge in [-0.2, -0.15) is 0 Å². The van der Waals surface area contributed by atoms with Crippen LogP contribution in [0.15, 0.2) is 47.4 Å². The number of ether oxygens (including phenoxy) is 2. The molecule has 2 aliphatic rings. The summed E-state index contributed by atoms with van der Waals surface area (Å²) in [5, 5.41) is 10.8. The van der Waals surface area contributed by atoms with E-state index in [4.69, 9.17) is 9.47 Å². The molecule has 0 saturated heterocycles. The van der Waals surface area contributed by atoms with Crippen molar-refractivity contribution in [3.63, 3.8) is 0 Å². The zero-order valence-corrected chi connectivity index (χ0v) is 12.3. The number of fused-ring (bicyclic) bond motifs is 2. The number of aliphatic hydroxyl groups excluding tert-OH is 1. The van der Waals surface area contributed by atoms with E-state index in [0.29, 0.717) is 13.2 Å². The molecule has 2 atom stereocenters. The molecule has 1 N–H and O–H groups in total. The Morgan fingerprint density at radius 2 is 1.86 bits per heavy atom. The number of aliphatic hydroxyl groups is 1. The number of hydrogen-bond donors (Lipinski definition) is 1. The maximum atomic E-state index is 10.8. The topological polar surface area (TPSA) is 38.7 Å². The molecule has 0 fully saturated rings. The van der Waals surface area contributed by atoms with Gasteiger partial charge in [-0.05, 0) is 29.3 Å². The van der Waals surface area contributed by atoms with Crippen molar-refractivity contribution in [1.82, 2.24) is 0 Å². The van der Waals surface area contributed by atoms with Crippen molar-refractivity contribution in [3.8, 4) is 11.5 Å². The van der Waals surface area contributed by atoms with Gasteiger partial charge in [-0.25, -0.2) is 0 Å². The van der Waals surface area contributed by atoms with E-state index in [1.807, 2.05) is 42.1 Å². The van der Waals surface area contributed by atoms with Crippen molar-refractivity contribution in [1.29, 1.82) is 0 Å². The first-order chi connectivity index (χ1) is 10.3. The molecular formula is C17H16O3S. The van der Waals surface area contributed by atoms with Gasteiger partial charge in [0, 0.05) is 16.6 Å². The molecule has 0 aliphatic carbocycles. The van der Waals surface area contributed by atoms with Crippen molar-refractivity contribution < 1.29 is 14.6 Å². The highest BCUT2D eigenvalue weighted by Crippen LogP contribution is 2.46. The van der Waals surface area contributed by atoms with E-state index in [1.165, 1.54) is 10.5 Å². The second-order valence-corrected chi connectivity index (χ2v) is 6.37. The Balaban J connectivity index is 1.65. The fourth-order valence-electron chi connectivity index (χ4n) is 2.93. The molecule has 0 amide bonds. The first kappa shape index (κ1) is 13.0. The monoisotopic (exact) mass is 300 g/mol. The van der Waals surface area contributed by atoms with Gasteiger partial charge in [0.15, 0.2) is 11.5 Å². The predicted molar refractivity (Wildman–Crippen MR) is 82.3 cm³/mol. The SMILES string of the molecule is OC(c1ccc2c(c1)OCCO2)C1CSc2ccccc21. The third kappa shape index (κ3) is 2.28. The Bertz CT molecular complexity index is 671. The molecule has 108 valence electrons. The Labute approximate surface area is 127 Å². The summed E-state index contributed by atoms with van der Waals surface area (Å²) in [5.74, 6) is 2.54. The van der Waals surface area contributed by atoms with Crippen molar-refractivity contribution in [3.05, 3.63) is 53.6 Å². The highest BCUT2D eigenvalue weighted by Gasteiger charge is 2.30. The van der Waals surface area contributed by atoms with Gasteiger partial charge in [0.05, 0.1) is 6.10 Å². The molecule has 2 unspecified atom stereocenters. The van der Waals surface area contributed by atoms with Crippen LogP contribution >= 0.6 is 11.8 Å². The Hall–Kier alpha value is -1.65. The summed E-state index contributed by atoms with van der Waals surface area (Å²) in [5.41, 5.74) is 2.13. The molecule has 2 aromatic rings. The zero-order chi connectivity index (χ0) is 14.2.